The second-order valence-electron chi connectivity index (χ2n) is 6.45. The largest absolute Gasteiger partial charge is 0.330 e. The first-order valence-electron chi connectivity index (χ1n) is 9.11. The Labute approximate surface area is 161 Å². The summed E-state index contributed by atoms with van der Waals surface area (Å²) < 4.78 is 27.6. The average Bonchev–Trinajstić information content (AvgIpc) is 2.65. The number of sulfonamides is 1. The van der Waals surface area contributed by atoms with Gasteiger partial charge in [0.15, 0.2) is 0 Å². The Hall–Kier alpha value is -2.38. The third-order valence-corrected chi connectivity index (χ3v) is 5.56. The molecule has 4 N–H and O–H groups in total. The van der Waals surface area contributed by atoms with Gasteiger partial charge in [-0.05, 0) is 56.1 Å². The van der Waals surface area contributed by atoms with Crippen molar-refractivity contribution in [2.24, 2.45) is 5.73 Å². The smallest absolute Gasteiger partial charge is 0.261 e. The van der Waals surface area contributed by atoms with E-state index in [0.29, 0.717) is 24.3 Å². The molecule has 6 nitrogen and oxygen atoms in total. The Bertz CT molecular complexity index is 852. The van der Waals surface area contributed by atoms with Gasteiger partial charge >= 0.3 is 0 Å². The minimum atomic E-state index is -3.68. The lowest BCUT2D eigenvalue weighted by atomic mass is 10.1. The molecule has 0 fully saturated rings. The van der Waals surface area contributed by atoms with Crippen LogP contribution in [0.2, 0.25) is 0 Å². The van der Waals surface area contributed by atoms with Crippen molar-refractivity contribution < 1.29 is 13.2 Å². The molecule has 0 bridgehead atoms. The van der Waals surface area contributed by atoms with Crippen molar-refractivity contribution in [3.63, 3.8) is 0 Å². The lowest BCUT2D eigenvalue weighted by Crippen LogP contribution is -2.15. The highest BCUT2D eigenvalue weighted by Gasteiger charge is 2.15. The molecule has 0 aromatic heterocycles. The van der Waals surface area contributed by atoms with Crippen LogP contribution < -0.4 is 15.8 Å². The van der Waals surface area contributed by atoms with Crippen LogP contribution in [-0.4, -0.2) is 20.9 Å². The number of carbonyl (C=O) groups is 1. The van der Waals surface area contributed by atoms with Crippen LogP contribution in [0, 0.1) is 6.92 Å². The molecule has 27 heavy (non-hydrogen) atoms. The van der Waals surface area contributed by atoms with Crippen molar-refractivity contribution in [3.05, 3.63) is 54.1 Å². The fourth-order valence-corrected chi connectivity index (χ4v) is 3.76. The Balaban J connectivity index is 2.00. The summed E-state index contributed by atoms with van der Waals surface area (Å²) in [5, 5.41) is 2.83. The number of unbranched alkanes of at least 4 members (excludes halogenated alkanes) is 3. The van der Waals surface area contributed by atoms with E-state index in [4.69, 9.17) is 5.73 Å². The minimum absolute atomic E-state index is 0.0801. The van der Waals surface area contributed by atoms with Crippen LogP contribution in [0.1, 0.15) is 37.7 Å². The van der Waals surface area contributed by atoms with E-state index in [-0.39, 0.29) is 10.8 Å². The molecular formula is C20H27N3O3S. The number of rotatable bonds is 10. The number of nitrogens with one attached hydrogen (secondary N) is 2. The second-order valence-corrected chi connectivity index (χ2v) is 8.13. The zero-order valence-corrected chi connectivity index (χ0v) is 16.4. The average molecular weight is 390 g/mol. The van der Waals surface area contributed by atoms with E-state index in [1.54, 1.807) is 36.4 Å². The molecule has 0 radical (unpaired) electrons. The van der Waals surface area contributed by atoms with Crippen LogP contribution in [0.4, 0.5) is 11.4 Å². The Kier molecular flexibility index (Phi) is 7.82. The first-order chi connectivity index (χ1) is 12.9. The lowest BCUT2D eigenvalue weighted by molar-refractivity contribution is -0.116. The van der Waals surface area contributed by atoms with Gasteiger partial charge in [-0.15, -0.1) is 0 Å². The van der Waals surface area contributed by atoms with Gasteiger partial charge in [0.2, 0.25) is 5.91 Å². The first kappa shape index (κ1) is 20.9. The van der Waals surface area contributed by atoms with E-state index in [9.17, 15) is 13.2 Å². The van der Waals surface area contributed by atoms with Crippen LogP contribution in [0.5, 0.6) is 0 Å². The molecule has 2 rings (SSSR count). The summed E-state index contributed by atoms with van der Waals surface area (Å²) in [7, 11) is -3.68. The Morgan fingerprint density at radius 3 is 2.41 bits per heavy atom. The maximum Gasteiger partial charge on any atom is 0.261 e. The summed E-state index contributed by atoms with van der Waals surface area (Å²) in [5.74, 6) is -0.0801. The summed E-state index contributed by atoms with van der Waals surface area (Å²) in [6.07, 6.45) is 4.22. The van der Waals surface area contributed by atoms with Gasteiger partial charge in [0.1, 0.15) is 0 Å². The third-order valence-electron chi connectivity index (χ3n) is 4.18. The normalized spacial score (nSPS) is 11.2. The highest BCUT2D eigenvalue weighted by Crippen LogP contribution is 2.23. The third kappa shape index (κ3) is 6.69. The van der Waals surface area contributed by atoms with Crippen LogP contribution >= 0.6 is 0 Å². The number of benzene rings is 2. The van der Waals surface area contributed by atoms with Gasteiger partial charge in [0.25, 0.3) is 10.0 Å². The molecule has 2 aromatic carbocycles. The molecule has 0 aliphatic carbocycles. The molecule has 0 unspecified atom stereocenters. The summed E-state index contributed by atoms with van der Waals surface area (Å²) in [6.45, 7) is 2.49. The van der Waals surface area contributed by atoms with E-state index in [0.717, 1.165) is 31.2 Å². The van der Waals surface area contributed by atoms with Crippen molar-refractivity contribution in [2.75, 3.05) is 16.6 Å². The van der Waals surface area contributed by atoms with Crippen LogP contribution in [0.15, 0.2) is 53.4 Å². The van der Waals surface area contributed by atoms with Crippen molar-refractivity contribution in [3.8, 4) is 0 Å². The zero-order valence-electron chi connectivity index (χ0n) is 15.6. The minimum Gasteiger partial charge on any atom is -0.330 e. The highest BCUT2D eigenvalue weighted by atomic mass is 32.2. The van der Waals surface area contributed by atoms with Gasteiger partial charge < -0.3 is 11.1 Å². The van der Waals surface area contributed by atoms with Crippen molar-refractivity contribution in [2.45, 2.75) is 43.9 Å². The molecule has 0 aliphatic heterocycles. The monoisotopic (exact) mass is 389 g/mol. The molecule has 0 atom stereocenters. The summed E-state index contributed by atoms with van der Waals surface area (Å²) in [4.78, 5) is 12.3. The quantitative estimate of drug-likeness (QED) is 0.540. The second kappa shape index (κ2) is 10.1. The van der Waals surface area contributed by atoms with E-state index in [1.165, 1.54) is 12.1 Å². The Morgan fingerprint density at radius 2 is 1.70 bits per heavy atom. The van der Waals surface area contributed by atoms with Crippen molar-refractivity contribution in [1.82, 2.24) is 0 Å². The number of amides is 1. The molecule has 0 saturated carbocycles. The standard InChI is InChI=1S/C20H27N3O3S/c1-16-12-13-17(22-20(24)11-7-2-3-8-14-21)15-19(16)23-27(25,26)18-9-5-4-6-10-18/h4-6,9-10,12-13,15,23H,2-3,7-8,11,14,21H2,1H3,(H,22,24). The lowest BCUT2D eigenvalue weighted by Gasteiger charge is -2.13. The van der Waals surface area contributed by atoms with Gasteiger partial charge in [-0.2, -0.15) is 0 Å². The van der Waals surface area contributed by atoms with Crippen molar-refractivity contribution >= 4 is 27.3 Å². The predicted octanol–water partition coefficient (Wildman–Crippen LogP) is 3.64. The molecule has 0 spiro atoms. The van der Waals surface area contributed by atoms with E-state index in [1.807, 2.05) is 6.92 Å². The molecular weight excluding hydrogens is 362 g/mol. The molecule has 2 aromatic rings. The molecule has 0 heterocycles. The van der Waals surface area contributed by atoms with Gasteiger partial charge in [-0.3, -0.25) is 9.52 Å². The van der Waals surface area contributed by atoms with Gasteiger partial charge in [0, 0.05) is 12.1 Å². The van der Waals surface area contributed by atoms with Gasteiger partial charge in [0.05, 0.1) is 10.6 Å². The number of nitrogens with two attached hydrogens (primary N) is 1. The fraction of sp³-hybridized carbons (Fsp3) is 0.350. The first-order valence-corrected chi connectivity index (χ1v) is 10.6. The number of carbonyl (C=O) groups excluding carboxylic acids is 1. The maximum atomic E-state index is 12.5. The molecule has 0 saturated heterocycles. The van der Waals surface area contributed by atoms with Crippen molar-refractivity contribution in [1.29, 1.82) is 0 Å². The van der Waals surface area contributed by atoms with Crippen LogP contribution in [0.3, 0.4) is 0 Å². The maximum absolute atomic E-state index is 12.5. The predicted molar refractivity (Wildman–Crippen MR) is 109 cm³/mol. The van der Waals surface area contributed by atoms with E-state index in [2.05, 4.69) is 10.0 Å². The summed E-state index contributed by atoms with van der Waals surface area (Å²) >= 11 is 0. The highest BCUT2D eigenvalue weighted by molar-refractivity contribution is 7.92. The van der Waals surface area contributed by atoms with Crippen LogP contribution in [0.25, 0.3) is 0 Å². The molecule has 0 aliphatic rings. The molecule has 146 valence electrons. The number of aryl methyl sites for hydroxylation is 1. The van der Waals surface area contributed by atoms with Crippen LogP contribution in [-0.2, 0) is 14.8 Å². The van der Waals surface area contributed by atoms with E-state index >= 15 is 0 Å². The fourth-order valence-electron chi connectivity index (χ4n) is 2.62. The number of hydrogen-bond donors (Lipinski definition) is 3. The summed E-state index contributed by atoms with van der Waals surface area (Å²) in [5.41, 5.74) is 7.24. The molecule has 7 heteroatoms. The number of hydrogen-bond acceptors (Lipinski definition) is 4. The van der Waals surface area contributed by atoms with Gasteiger partial charge in [-0.1, -0.05) is 37.1 Å². The number of anilines is 2. The Morgan fingerprint density at radius 1 is 1.00 bits per heavy atom. The summed E-state index contributed by atoms with van der Waals surface area (Å²) in [6, 6.07) is 13.4. The zero-order chi connectivity index (χ0) is 19.7. The topological polar surface area (TPSA) is 101 Å². The van der Waals surface area contributed by atoms with Gasteiger partial charge in [-0.25, -0.2) is 8.42 Å². The molecule has 1 amide bonds. The van der Waals surface area contributed by atoms with E-state index < -0.39 is 10.0 Å². The SMILES string of the molecule is Cc1ccc(NC(=O)CCCCCCN)cc1NS(=O)(=O)c1ccccc1.